The maximum Gasteiger partial charge on any atom is 0.262 e. The van der Waals surface area contributed by atoms with Gasteiger partial charge in [-0.15, -0.1) is 0 Å². The molecule has 4 nitrogen and oxygen atoms in total. The van der Waals surface area contributed by atoms with Crippen molar-refractivity contribution in [1.29, 1.82) is 0 Å². The molecular weight excluding hydrogens is 266 g/mol. The van der Waals surface area contributed by atoms with Crippen LogP contribution in [-0.4, -0.2) is 43.7 Å². The number of halogens is 2. The molecule has 2 rings (SSSR count). The van der Waals surface area contributed by atoms with Gasteiger partial charge in [0.1, 0.15) is 0 Å². The Kier molecular flexibility index (Phi) is 4.35. The first-order valence-electron chi connectivity index (χ1n) is 7.33. The molecule has 1 amide bonds. The van der Waals surface area contributed by atoms with Gasteiger partial charge in [-0.3, -0.25) is 10.1 Å². The van der Waals surface area contributed by atoms with Crippen molar-refractivity contribution < 1.29 is 18.3 Å². The normalized spacial score (nSPS) is 34.5. The third-order valence-electron chi connectivity index (χ3n) is 5.13. The van der Waals surface area contributed by atoms with Gasteiger partial charge in [0.25, 0.3) is 5.92 Å². The van der Waals surface area contributed by atoms with Gasteiger partial charge >= 0.3 is 0 Å². The van der Waals surface area contributed by atoms with E-state index in [1.165, 1.54) is 0 Å². The van der Waals surface area contributed by atoms with Crippen molar-refractivity contribution in [2.45, 2.75) is 63.6 Å². The number of hydrogen-bond donors (Lipinski definition) is 2. The average Bonchev–Trinajstić information content (AvgIpc) is 2.76. The molecular formula is C14H24F2N2O2. The van der Waals surface area contributed by atoms with Crippen LogP contribution in [0.25, 0.3) is 0 Å². The fourth-order valence-electron chi connectivity index (χ4n) is 3.65. The molecule has 0 bridgehead atoms. The summed E-state index contributed by atoms with van der Waals surface area (Å²) in [5.74, 6) is -3.09. The number of carbonyl (C=O) groups is 1. The molecule has 116 valence electrons. The van der Waals surface area contributed by atoms with Gasteiger partial charge in [0.05, 0.1) is 18.7 Å². The standard InChI is InChI=1S/C14H24F2N2O2/c1-4-13(5-2)10(6-11(13)20-3)18-12(19)9-7-14(15,16)8-17-9/h9-11,17H,4-8H2,1-3H3,(H,18,19). The molecule has 0 aromatic heterocycles. The molecule has 2 fully saturated rings. The van der Waals surface area contributed by atoms with E-state index in [9.17, 15) is 13.6 Å². The number of rotatable bonds is 5. The zero-order chi connectivity index (χ0) is 15.0. The molecule has 2 N–H and O–H groups in total. The van der Waals surface area contributed by atoms with Gasteiger partial charge < -0.3 is 10.1 Å². The smallest absolute Gasteiger partial charge is 0.262 e. The largest absolute Gasteiger partial charge is 0.381 e. The van der Waals surface area contributed by atoms with E-state index < -0.39 is 24.9 Å². The zero-order valence-corrected chi connectivity index (χ0v) is 12.3. The fraction of sp³-hybridized carbons (Fsp3) is 0.929. The quantitative estimate of drug-likeness (QED) is 0.810. The molecule has 0 spiro atoms. The van der Waals surface area contributed by atoms with E-state index in [0.717, 1.165) is 19.3 Å². The summed E-state index contributed by atoms with van der Waals surface area (Å²) in [4.78, 5) is 12.1. The van der Waals surface area contributed by atoms with Crippen molar-refractivity contribution in [3.63, 3.8) is 0 Å². The molecule has 1 heterocycles. The molecule has 3 unspecified atom stereocenters. The molecule has 6 heteroatoms. The molecule has 1 saturated carbocycles. The van der Waals surface area contributed by atoms with E-state index in [-0.39, 0.29) is 23.5 Å². The van der Waals surface area contributed by atoms with Crippen LogP contribution >= 0.6 is 0 Å². The van der Waals surface area contributed by atoms with Gasteiger partial charge in [-0.1, -0.05) is 13.8 Å². The number of amides is 1. The molecule has 20 heavy (non-hydrogen) atoms. The molecule has 1 aliphatic heterocycles. The second kappa shape index (κ2) is 5.56. The molecule has 1 saturated heterocycles. The summed E-state index contributed by atoms with van der Waals surface area (Å²) in [5.41, 5.74) is -0.0640. The lowest BCUT2D eigenvalue weighted by atomic mass is 9.58. The Labute approximate surface area is 118 Å². The molecule has 3 atom stereocenters. The minimum atomic E-state index is -2.77. The Morgan fingerprint density at radius 1 is 1.40 bits per heavy atom. The van der Waals surface area contributed by atoms with Crippen molar-refractivity contribution in [2.75, 3.05) is 13.7 Å². The fourth-order valence-corrected chi connectivity index (χ4v) is 3.65. The summed E-state index contributed by atoms with van der Waals surface area (Å²) < 4.78 is 31.7. The van der Waals surface area contributed by atoms with Crippen molar-refractivity contribution >= 4 is 5.91 Å². The van der Waals surface area contributed by atoms with Crippen molar-refractivity contribution in [2.24, 2.45) is 5.41 Å². The SMILES string of the molecule is CCC1(CC)C(NC(=O)C2CC(F)(F)CN2)CC1OC. The summed E-state index contributed by atoms with van der Waals surface area (Å²) >= 11 is 0. The van der Waals surface area contributed by atoms with E-state index in [0.29, 0.717) is 0 Å². The van der Waals surface area contributed by atoms with Gasteiger partial charge in [0, 0.05) is 25.0 Å². The average molecular weight is 290 g/mol. The Morgan fingerprint density at radius 2 is 2.05 bits per heavy atom. The summed E-state index contributed by atoms with van der Waals surface area (Å²) in [6.45, 7) is 3.74. The summed E-state index contributed by atoms with van der Waals surface area (Å²) in [6.07, 6.45) is 2.29. The lowest BCUT2D eigenvalue weighted by Crippen LogP contribution is -2.65. The molecule has 1 aliphatic carbocycles. The van der Waals surface area contributed by atoms with Gasteiger partial charge in [-0.05, 0) is 19.3 Å². The lowest BCUT2D eigenvalue weighted by Gasteiger charge is -2.55. The summed E-state index contributed by atoms with van der Waals surface area (Å²) in [7, 11) is 1.68. The summed E-state index contributed by atoms with van der Waals surface area (Å²) in [6, 6.07) is -0.760. The van der Waals surface area contributed by atoms with E-state index in [1.807, 2.05) is 0 Å². The first kappa shape index (κ1) is 15.6. The maximum absolute atomic E-state index is 13.1. The molecule has 0 aromatic rings. The first-order valence-corrected chi connectivity index (χ1v) is 7.33. The second-order valence-corrected chi connectivity index (χ2v) is 5.96. The van der Waals surface area contributed by atoms with Crippen LogP contribution in [-0.2, 0) is 9.53 Å². The van der Waals surface area contributed by atoms with Gasteiger partial charge in [-0.25, -0.2) is 8.78 Å². The van der Waals surface area contributed by atoms with Gasteiger partial charge in [0.15, 0.2) is 0 Å². The van der Waals surface area contributed by atoms with Crippen LogP contribution in [0.2, 0.25) is 0 Å². The Balaban J connectivity index is 1.95. The van der Waals surface area contributed by atoms with Crippen molar-refractivity contribution in [1.82, 2.24) is 10.6 Å². The topological polar surface area (TPSA) is 50.4 Å². The molecule has 2 aliphatic rings. The zero-order valence-electron chi connectivity index (χ0n) is 12.3. The Bertz CT molecular complexity index is 372. The highest BCUT2D eigenvalue weighted by Crippen LogP contribution is 2.48. The summed E-state index contributed by atoms with van der Waals surface area (Å²) in [5, 5.41) is 5.53. The Morgan fingerprint density at radius 3 is 2.50 bits per heavy atom. The predicted octanol–water partition coefficient (Wildman–Crippen LogP) is 1.69. The van der Waals surface area contributed by atoms with Crippen LogP contribution in [0, 0.1) is 5.41 Å². The van der Waals surface area contributed by atoms with Gasteiger partial charge in [-0.2, -0.15) is 0 Å². The third kappa shape index (κ3) is 2.55. The van der Waals surface area contributed by atoms with Gasteiger partial charge in [0.2, 0.25) is 5.91 Å². The van der Waals surface area contributed by atoms with Crippen molar-refractivity contribution in [3.8, 4) is 0 Å². The number of ether oxygens (including phenoxy) is 1. The minimum Gasteiger partial charge on any atom is -0.381 e. The van der Waals surface area contributed by atoms with Crippen LogP contribution in [0.15, 0.2) is 0 Å². The van der Waals surface area contributed by atoms with E-state index >= 15 is 0 Å². The lowest BCUT2D eigenvalue weighted by molar-refractivity contribution is -0.142. The van der Waals surface area contributed by atoms with Crippen LogP contribution in [0.1, 0.15) is 39.5 Å². The first-order chi connectivity index (χ1) is 9.38. The second-order valence-electron chi connectivity index (χ2n) is 5.96. The number of alkyl halides is 2. The van der Waals surface area contributed by atoms with E-state index in [4.69, 9.17) is 4.74 Å². The molecule has 0 radical (unpaired) electrons. The monoisotopic (exact) mass is 290 g/mol. The highest BCUT2D eigenvalue weighted by molar-refractivity contribution is 5.82. The van der Waals surface area contributed by atoms with Crippen LogP contribution in [0.5, 0.6) is 0 Å². The highest BCUT2D eigenvalue weighted by Gasteiger charge is 2.54. The van der Waals surface area contributed by atoms with Crippen LogP contribution in [0.3, 0.4) is 0 Å². The highest BCUT2D eigenvalue weighted by atomic mass is 19.3. The van der Waals surface area contributed by atoms with E-state index in [1.54, 1.807) is 7.11 Å². The number of nitrogens with one attached hydrogen (secondary N) is 2. The predicted molar refractivity (Wildman–Crippen MR) is 71.7 cm³/mol. The Hall–Kier alpha value is -0.750. The number of carbonyl (C=O) groups excluding carboxylic acids is 1. The molecule has 0 aromatic carbocycles. The van der Waals surface area contributed by atoms with Crippen LogP contribution in [0.4, 0.5) is 8.78 Å². The number of methoxy groups -OCH3 is 1. The van der Waals surface area contributed by atoms with E-state index in [2.05, 4.69) is 24.5 Å². The van der Waals surface area contributed by atoms with Crippen LogP contribution < -0.4 is 10.6 Å². The minimum absolute atomic E-state index is 0.0194. The van der Waals surface area contributed by atoms with Crippen molar-refractivity contribution in [3.05, 3.63) is 0 Å². The number of hydrogen-bond acceptors (Lipinski definition) is 3. The maximum atomic E-state index is 13.1. The third-order valence-corrected chi connectivity index (χ3v) is 5.13.